The van der Waals surface area contributed by atoms with Crippen LogP contribution in [0.5, 0.6) is 0 Å². The zero-order valence-electron chi connectivity index (χ0n) is 50.6. The number of anilines is 6. The minimum atomic E-state index is 0.591. The van der Waals surface area contributed by atoms with Crippen LogP contribution in [-0.2, 0) is 0 Å². The molecule has 2 aliphatic heterocycles. The first-order valence-electron chi connectivity index (χ1n) is 31.2. The number of fused-ring (bicyclic) bond motifs is 4. The lowest BCUT2D eigenvalue weighted by molar-refractivity contribution is 1.07. The molecule has 0 saturated carbocycles. The number of hydrogen-bond donors (Lipinski definition) is 0. The molecule has 13 aromatic carbocycles. The molecule has 0 atom stereocenters. The van der Waals surface area contributed by atoms with Gasteiger partial charge in [-0.25, -0.2) is 29.9 Å². The van der Waals surface area contributed by atoms with E-state index in [0.717, 1.165) is 117 Å². The summed E-state index contributed by atoms with van der Waals surface area (Å²) in [7, 11) is 0. The zero-order chi connectivity index (χ0) is 62.3. The van der Waals surface area contributed by atoms with Gasteiger partial charge in [0, 0.05) is 64.3 Å². The summed E-state index contributed by atoms with van der Waals surface area (Å²) in [6.07, 6.45) is 0. The van der Waals surface area contributed by atoms with Crippen LogP contribution in [0.1, 0.15) is 0 Å². The second kappa shape index (κ2) is 24.4. The number of hydrogen-bond acceptors (Lipinski definition) is 10. The first-order chi connectivity index (χ1) is 46.5. The Kier molecular flexibility index (Phi) is 14.6. The Bertz CT molecular complexity index is 5260. The Morgan fingerprint density at radius 2 is 0.436 bits per heavy atom. The largest absolute Gasteiger partial charge is 0.308 e. The molecule has 94 heavy (non-hydrogen) atoms. The minimum Gasteiger partial charge on any atom is -0.308 e. The van der Waals surface area contributed by atoms with Gasteiger partial charge in [-0.2, -0.15) is 0 Å². The van der Waals surface area contributed by atoms with E-state index in [1.54, 1.807) is 23.5 Å². The fourth-order valence-electron chi connectivity index (χ4n) is 12.5. The van der Waals surface area contributed by atoms with Gasteiger partial charge in [0.1, 0.15) is 0 Å². The monoisotopic (exact) mass is 1240 g/mol. The van der Waals surface area contributed by atoms with Gasteiger partial charge in [-0.1, -0.05) is 230 Å². The third kappa shape index (κ3) is 11.0. The van der Waals surface area contributed by atoms with E-state index in [4.69, 9.17) is 29.9 Å². The maximum atomic E-state index is 5.31. The highest BCUT2D eigenvalue weighted by Gasteiger charge is 2.28. The summed E-state index contributed by atoms with van der Waals surface area (Å²) < 4.78 is 0. The number of benzene rings is 13. The first-order valence-corrected chi connectivity index (χ1v) is 32.9. The normalized spacial score (nSPS) is 12.1. The van der Waals surface area contributed by atoms with Gasteiger partial charge in [0.2, 0.25) is 0 Å². The van der Waals surface area contributed by atoms with Gasteiger partial charge in [-0.15, -0.1) is 0 Å². The Hall–Kier alpha value is -11.8. The molecule has 10 heteroatoms. The van der Waals surface area contributed by atoms with Crippen LogP contribution in [-0.4, -0.2) is 29.9 Å². The first kappa shape index (κ1) is 56.2. The highest BCUT2D eigenvalue weighted by atomic mass is 32.2. The zero-order valence-corrected chi connectivity index (χ0v) is 52.2. The molecule has 2 aliphatic rings. The fourth-order valence-corrected chi connectivity index (χ4v) is 14.6. The van der Waals surface area contributed by atoms with Crippen molar-refractivity contribution in [1.29, 1.82) is 0 Å². The summed E-state index contributed by atoms with van der Waals surface area (Å²) >= 11 is 3.61. The van der Waals surface area contributed by atoms with E-state index in [9.17, 15) is 0 Å². The standard InChI is InChI=1S/C84H54N8S2/c1-5-20-55(21-6-1)63-28-19-29-65(50-63)83-87-79(59-24-9-3-10-25-59)85-81(88-83)61-42-47-70(48-43-61)92-73-32-15-18-35-77(73)94-78-54-64(44-49-74(78)92)57-36-38-58(39-37-57)67-51-66(56-22-7-2-8-23-56)52-68(53-67)84-89-80(60-26-11-4-12-27-60)86-82(90-84)62-40-45-69(46-41-62)91-71-30-13-16-33-75(71)93-76-34-17-14-31-72(76)91/h1-54H. The van der Waals surface area contributed by atoms with E-state index in [0.29, 0.717) is 34.9 Å². The number of para-hydroxylation sites is 3. The molecule has 0 spiro atoms. The molecule has 4 heterocycles. The van der Waals surface area contributed by atoms with Crippen molar-refractivity contribution in [2.75, 3.05) is 9.80 Å². The van der Waals surface area contributed by atoms with Gasteiger partial charge >= 0.3 is 0 Å². The van der Waals surface area contributed by atoms with Gasteiger partial charge in [0.15, 0.2) is 34.9 Å². The summed E-state index contributed by atoms with van der Waals surface area (Å²) in [5.41, 5.74) is 20.8. The van der Waals surface area contributed by atoms with Crippen molar-refractivity contribution >= 4 is 57.6 Å². The quantitative estimate of drug-likeness (QED) is 0.118. The van der Waals surface area contributed by atoms with Crippen LogP contribution < -0.4 is 9.80 Å². The minimum absolute atomic E-state index is 0.591. The molecular formula is C84H54N8S2. The average Bonchev–Trinajstić information content (AvgIpc) is 0.781. The van der Waals surface area contributed by atoms with Crippen molar-refractivity contribution in [3.05, 3.63) is 328 Å². The maximum Gasteiger partial charge on any atom is 0.164 e. The average molecular weight is 1240 g/mol. The smallest absolute Gasteiger partial charge is 0.164 e. The molecule has 8 nitrogen and oxygen atoms in total. The second-order valence-electron chi connectivity index (χ2n) is 23.1. The Morgan fingerprint density at radius 1 is 0.170 bits per heavy atom. The van der Waals surface area contributed by atoms with E-state index in [1.165, 1.54) is 14.7 Å². The van der Waals surface area contributed by atoms with E-state index in [2.05, 4.69) is 283 Å². The van der Waals surface area contributed by atoms with Crippen molar-refractivity contribution in [2.45, 2.75) is 19.6 Å². The maximum absolute atomic E-state index is 5.31. The number of rotatable bonds is 12. The van der Waals surface area contributed by atoms with Gasteiger partial charge < -0.3 is 9.80 Å². The molecule has 0 N–H and O–H groups in total. The topological polar surface area (TPSA) is 83.8 Å². The van der Waals surface area contributed by atoms with Crippen LogP contribution in [0.3, 0.4) is 0 Å². The lowest BCUT2D eigenvalue weighted by Gasteiger charge is -2.33. The van der Waals surface area contributed by atoms with Crippen molar-refractivity contribution in [1.82, 2.24) is 29.9 Å². The van der Waals surface area contributed by atoms with Crippen molar-refractivity contribution in [3.63, 3.8) is 0 Å². The summed E-state index contributed by atoms with van der Waals surface area (Å²) in [5.74, 6) is 3.64. The highest BCUT2D eigenvalue weighted by molar-refractivity contribution is 8.00. The predicted molar refractivity (Wildman–Crippen MR) is 385 cm³/mol. The molecular weight excluding hydrogens is 1190 g/mol. The van der Waals surface area contributed by atoms with Gasteiger partial charge in [-0.05, 0) is 166 Å². The van der Waals surface area contributed by atoms with Crippen LogP contribution >= 0.6 is 23.5 Å². The molecule has 17 rings (SSSR count). The summed E-state index contributed by atoms with van der Waals surface area (Å²) in [5, 5.41) is 0. The molecule has 15 aromatic rings. The summed E-state index contributed by atoms with van der Waals surface area (Å²) in [6, 6.07) is 115. The molecule has 0 fully saturated rings. The molecule has 0 unspecified atom stereocenters. The third-order valence-electron chi connectivity index (χ3n) is 17.1. The molecule has 0 saturated heterocycles. The predicted octanol–water partition coefficient (Wildman–Crippen LogP) is 22.6. The summed E-state index contributed by atoms with van der Waals surface area (Å²) in [6.45, 7) is 0. The van der Waals surface area contributed by atoms with E-state index < -0.39 is 0 Å². The van der Waals surface area contributed by atoms with E-state index in [-0.39, 0.29) is 0 Å². The second-order valence-corrected chi connectivity index (χ2v) is 25.3. The van der Waals surface area contributed by atoms with Gasteiger partial charge in [-0.3, -0.25) is 0 Å². The lowest BCUT2D eigenvalue weighted by Crippen LogP contribution is -2.14. The fraction of sp³-hybridized carbons (Fsp3) is 0. The molecule has 2 aromatic heterocycles. The molecule has 0 aliphatic carbocycles. The van der Waals surface area contributed by atoms with E-state index >= 15 is 0 Å². The Balaban J connectivity index is 0.690. The van der Waals surface area contributed by atoms with Crippen LogP contribution in [0.4, 0.5) is 34.1 Å². The van der Waals surface area contributed by atoms with Crippen LogP contribution in [0.15, 0.2) is 347 Å². The number of nitrogens with zero attached hydrogens (tertiary/aromatic N) is 8. The Labute approximate surface area is 553 Å². The van der Waals surface area contributed by atoms with E-state index in [1.807, 2.05) is 54.6 Å². The SMILES string of the molecule is c1ccc(-c2cccc(-c3nc(-c4ccccc4)nc(-c4ccc(N5c6ccccc6Sc6cc(-c7ccc(-c8cc(-c9ccccc9)cc(-c9nc(-c%10ccccc%10)nc(-c%10ccc(N%11c%12ccccc%12Sc%12ccccc%12%11)cc%10)n9)c8)cc7)ccc65)cc4)n3)c2)cc1. The van der Waals surface area contributed by atoms with Crippen LogP contribution in [0.25, 0.3) is 113 Å². The molecule has 0 bridgehead atoms. The van der Waals surface area contributed by atoms with Crippen molar-refractivity contribution in [3.8, 4) is 113 Å². The highest BCUT2D eigenvalue weighted by Crippen LogP contribution is 2.54. The van der Waals surface area contributed by atoms with Crippen LogP contribution in [0.2, 0.25) is 0 Å². The number of aromatic nitrogens is 6. The van der Waals surface area contributed by atoms with Crippen molar-refractivity contribution < 1.29 is 0 Å². The molecule has 442 valence electrons. The molecule has 0 radical (unpaired) electrons. The van der Waals surface area contributed by atoms with Crippen LogP contribution in [0, 0.1) is 0 Å². The molecule has 0 amide bonds. The van der Waals surface area contributed by atoms with Gasteiger partial charge in [0.05, 0.1) is 22.7 Å². The Morgan fingerprint density at radius 3 is 0.894 bits per heavy atom. The van der Waals surface area contributed by atoms with Crippen molar-refractivity contribution in [2.24, 2.45) is 0 Å². The van der Waals surface area contributed by atoms with Gasteiger partial charge in [0.25, 0.3) is 0 Å². The third-order valence-corrected chi connectivity index (χ3v) is 19.4. The summed E-state index contributed by atoms with van der Waals surface area (Å²) in [4.78, 5) is 40.5. The lowest BCUT2D eigenvalue weighted by atomic mass is 9.94.